The summed E-state index contributed by atoms with van der Waals surface area (Å²) in [6.45, 7) is 3.84. The number of aryl methyl sites for hydroxylation is 2. The minimum absolute atomic E-state index is 0.298. The molecular formula is C13H16N4O2. The number of benzene rings is 1. The first kappa shape index (κ1) is 13.1. The van der Waals surface area contributed by atoms with Crippen molar-refractivity contribution >= 4 is 5.95 Å². The van der Waals surface area contributed by atoms with Crippen LogP contribution in [0.3, 0.4) is 0 Å². The van der Waals surface area contributed by atoms with Crippen LogP contribution in [0, 0.1) is 13.8 Å². The van der Waals surface area contributed by atoms with E-state index in [9.17, 15) is 0 Å². The molecular weight excluding hydrogens is 244 g/mol. The van der Waals surface area contributed by atoms with Crippen molar-refractivity contribution in [2.45, 2.75) is 13.8 Å². The van der Waals surface area contributed by atoms with Crippen molar-refractivity contribution in [1.82, 2.24) is 9.97 Å². The molecule has 2 aromatic rings. The van der Waals surface area contributed by atoms with Crippen LogP contribution in [0.15, 0.2) is 24.4 Å². The molecule has 1 aromatic carbocycles. The van der Waals surface area contributed by atoms with Crippen LogP contribution in [0.4, 0.5) is 5.95 Å². The first-order chi connectivity index (χ1) is 9.13. The molecule has 0 radical (unpaired) electrons. The lowest BCUT2D eigenvalue weighted by Gasteiger charge is -2.12. The van der Waals surface area contributed by atoms with Gasteiger partial charge in [0.1, 0.15) is 0 Å². The number of anilines is 1. The van der Waals surface area contributed by atoms with Crippen molar-refractivity contribution in [3.05, 3.63) is 35.5 Å². The van der Waals surface area contributed by atoms with Crippen LogP contribution in [-0.2, 0) is 0 Å². The zero-order valence-electron chi connectivity index (χ0n) is 11.1. The van der Waals surface area contributed by atoms with Gasteiger partial charge in [-0.15, -0.1) is 0 Å². The van der Waals surface area contributed by atoms with Crippen molar-refractivity contribution in [2.24, 2.45) is 5.84 Å². The summed E-state index contributed by atoms with van der Waals surface area (Å²) in [6.07, 6.45) is 1.64. The van der Waals surface area contributed by atoms with Gasteiger partial charge in [-0.25, -0.2) is 10.8 Å². The molecule has 6 nitrogen and oxygen atoms in total. The highest BCUT2D eigenvalue weighted by Gasteiger charge is 2.10. The predicted molar refractivity (Wildman–Crippen MR) is 72.4 cm³/mol. The Morgan fingerprint density at radius 3 is 2.68 bits per heavy atom. The van der Waals surface area contributed by atoms with Gasteiger partial charge in [0.2, 0.25) is 11.8 Å². The quantitative estimate of drug-likeness (QED) is 0.647. The number of methoxy groups -OCH3 is 1. The van der Waals surface area contributed by atoms with Gasteiger partial charge in [0.05, 0.1) is 7.11 Å². The van der Waals surface area contributed by atoms with E-state index in [0.717, 1.165) is 11.1 Å². The van der Waals surface area contributed by atoms with Crippen LogP contribution in [-0.4, -0.2) is 17.1 Å². The van der Waals surface area contributed by atoms with E-state index in [1.54, 1.807) is 13.3 Å². The lowest BCUT2D eigenvalue weighted by molar-refractivity contribution is 0.372. The highest BCUT2D eigenvalue weighted by molar-refractivity contribution is 5.45. The molecule has 0 amide bonds. The Bertz CT molecular complexity index is 587. The molecule has 0 aliphatic heterocycles. The second kappa shape index (κ2) is 5.53. The zero-order chi connectivity index (χ0) is 13.8. The highest BCUT2D eigenvalue weighted by Crippen LogP contribution is 2.32. The minimum Gasteiger partial charge on any atom is -0.493 e. The molecule has 1 aromatic heterocycles. The Morgan fingerprint density at radius 1 is 1.21 bits per heavy atom. The summed E-state index contributed by atoms with van der Waals surface area (Å²) >= 11 is 0. The highest BCUT2D eigenvalue weighted by atomic mass is 16.5. The Morgan fingerprint density at radius 2 is 2.00 bits per heavy atom. The molecule has 100 valence electrons. The molecule has 3 N–H and O–H groups in total. The summed E-state index contributed by atoms with van der Waals surface area (Å²) in [6, 6.07) is 5.68. The van der Waals surface area contributed by atoms with Crippen LogP contribution in [0.1, 0.15) is 11.1 Å². The number of rotatable bonds is 4. The van der Waals surface area contributed by atoms with Gasteiger partial charge in [-0.1, -0.05) is 6.07 Å². The first-order valence-corrected chi connectivity index (χ1v) is 5.77. The molecule has 2 rings (SSSR count). The van der Waals surface area contributed by atoms with Crippen molar-refractivity contribution in [2.75, 3.05) is 12.5 Å². The Balaban J connectivity index is 2.35. The topological polar surface area (TPSA) is 82.3 Å². The third-order valence-corrected chi connectivity index (χ3v) is 2.58. The van der Waals surface area contributed by atoms with Gasteiger partial charge in [-0.3, -0.25) is 5.43 Å². The number of nitrogen functional groups attached to an aromatic ring is 1. The molecule has 0 atom stereocenters. The second-order valence-electron chi connectivity index (χ2n) is 4.08. The summed E-state index contributed by atoms with van der Waals surface area (Å²) < 4.78 is 11.0. The monoisotopic (exact) mass is 260 g/mol. The average Bonchev–Trinajstić information content (AvgIpc) is 2.43. The van der Waals surface area contributed by atoms with Crippen LogP contribution in [0.5, 0.6) is 17.4 Å². The maximum absolute atomic E-state index is 5.76. The molecule has 0 saturated heterocycles. The first-order valence-electron chi connectivity index (χ1n) is 5.77. The van der Waals surface area contributed by atoms with E-state index in [1.165, 1.54) is 0 Å². The van der Waals surface area contributed by atoms with Gasteiger partial charge in [0.15, 0.2) is 11.5 Å². The van der Waals surface area contributed by atoms with Gasteiger partial charge in [0.25, 0.3) is 0 Å². The van der Waals surface area contributed by atoms with Gasteiger partial charge < -0.3 is 9.47 Å². The van der Waals surface area contributed by atoms with Crippen LogP contribution in [0.2, 0.25) is 0 Å². The fourth-order valence-electron chi connectivity index (χ4n) is 1.56. The predicted octanol–water partition coefficient (Wildman–Crippen LogP) is 2.18. The molecule has 19 heavy (non-hydrogen) atoms. The van der Waals surface area contributed by atoms with E-state index in [2.05, 4.69) is 15.4 Å². The number of aromatic nitrogens is 2. The number of nitrogens with two attached hydrogens (primary N) is 1. The normalized spacial score (nSPS) is 10.1. The van der Waals surface area contributed by atoms with Gasteiger partial charge >= 0.3 is 0 Å². The summed E-state index contributed by atoms with van der Waals surface area (Å²) in [7, 11) is 1.60. The fourth-order valence-corrected chi connectivity index (χ4v) is 1.56. The van der Waals surface area contributed by atoms with E-state index in [4.69, 9.17) is 15.3 Å². The Kier molecular flexibility index (Phi) is 3.82. The number of hydrogen-bond acceptors (Lipinski definition) is 6. The molecule has 0 saturated carbocycles. The molecule has 6 heteroatoms. The van der Waals surface area contributed by atoms with Crippen molar-refractivity contribution in [1.29, 1.82) is 0 Å². The molecule has 0 fully saturated rings. The summed E-state index contributed by atoms with van der Waals surface area (Å²) in [5.74, 6) is 7.26. The van der Waals surface area contributed by atoms with E-state index >= 15 is 0 Å². The molecule has 0 bridgehead atoms. The smallest absolute Gasteiger partial charge is 0.240 e. The SMILES string of the molecule is COc1cc(C)ccc1Oc1nc(NN)ncc1C. The summed E-state index contributed by atoms with van der Waals surface area (Å²) in [4.78, 5) is 8.16. The molecule has 0 aliphatic carbocycles. The lowest BCUT2D eigenvalue weighted by atomic mass is 10.2. The van der Waals surface area contributed by atoms with Gasteiger partial charge in [-0.2, -0.15) is 4.98 Å². The molecule has 0 unspecified atom stereocenters. The third-order valence-electron chi connectivity index (χ3n) is 2.58. The minimum atomic E-state index is 0.298. The summed E-state index contributed by atoms with van der Waals surface area (Å²) in [5, 5.41) is 0. The number of hydrogen-bond donors (Lipinski definition) is 2. The summed E-state index contributed by atoms with van der Waals surface area (Å²) in [5.41, 5.74) is 4.28. The Hall–Kier alpha value is -2.34. The molecule has 1 heterocycles. The van der Waals surface area contributed by atoms with Gasteiger partial charge in [-0.05, 0) is 31.5 Å². The van der Waals surface area contributed by atoms with Crippen molar-refractivity contribution < 1.29 is 9.47 Å². The van der Waals surface area contributed by atoms with E-state index in [0.29, 0.717) is 23.3 Å². The lowest BCUT2D eigenvalue weighted by Crippen LogP contribution is -2.11. The van der Waals surface area contributed by atoms with E-state index in [1.807, 2.05) is 32.0 Å². The van der Waals surface area contributed by atoms with Crippen LogP contribution >= 0.6 is 0 Å². The average molecular weight is 260 g/mol. The molecule has 0 spiro atoms. The number of nitrogens with one attached hydrogen (secondary N) is 1. The second-order valence-corrected chi connectivity index (χ2v) is 4.08. The zero-order valence-corrected chi connectivity index (χ0v) is 11.1. The standard InChI is InChI=1S/C13H16N4O2/c1-8-4-5-10(11(6-8)18-3)19-12-9(2)7-15-13(16-12)17-14/h4-7H,14H2,1-3H3,(H,15,16,17). The maximum Gasteiger partial charge on any atom is 0.240 e. The number of hydrazine groups is 1. The maximum atomic E-state index is 5.76. The van der Waals surface area contributed by atoms with Crippen LogP contribution < -0.4 is 20.7 Å². The van der Waals surface area contributed by atoms with Crippen molar-refractivity contribution in [3.8, 4) is 17.4 Å². The van der Waals surface area contributed by atoms with Gasteiger partial charge in [0, 0.05) is 11.8 Å². The van der Waals surface area contributed by atoms with E-state index in [-0.39, 0.29) is 0 Å². The largest absolute Gasteiger partial charge is 0.493 e. The van der Waals surface area contributed by atoms with Crippen molar-refractivity contribution in [3.63, 3.8) is 0 Å². The van der Waals surface area contributed by atoms with Crippen LogP contribution in [0.25, 0.3) is 0 Å². The molecule has 0 aliphatic rings. The number of ether oxygens (including phenoxy) is 2. The Labute approximate surface area is 111 Å². The van der Waals surface area contributed by atoms with E-state index < -0.39 is 0 Å². The number of nitrogens with zero attached hydrogens (tertiary/aromatic N) is 2. The third kappa shape index (κ3) is 2.92. The fraction of sp³-hybridized carbons (Fsp3) is 0.231.